The second-order valence-corrected chi connectivity index (χ2v) is 13.9. The van der Waals surface area contributed by atoms with Gasteiger partial charge in [-0.3, -0.25) is 9.05 Å². The number of nitrogens with zero attached hydrogens (tertiary/aromatic N) is 1. The standard InChI is InChI=1S/C27H27INO7PS/c1-20-14-16-22(17-15-20)29(37(31,34-2)35-3)24-25(28)27(36-26(24)30,21-10-6-4-7-11-21)18-19-38(32,33)23-12-8-5-9-13-23/h4-17H,18-19H2,1-3H3. The first-order chi connectivity index (χ1) is 18.1. The molecule has 0 radical (unpaired) electrons. The van der Waals surface area contributed by atoms with Gasteiger partial charge in [-0.2, -0.15) is 0 Å². The van der Waals surface area contributed by atoms with Gasteiger partial charge < -0.3 is 4.74 Å². The lowest BCUT2D eigenvalue weighted by Gasteiger charge is -2.30. The SMILES string of the molecule is COP(=O)(OC)N(C1=C(I)C(CCS(=O)(=O)c2ccccc2)(c2ccccc2)OC1=O)c1ccc(C)cc1. The van der Waals surface area contributed by atoms with Crippen molar-refractivity contribution in [3.63, 3.8) is 0 Å². The van der Waals surface area contributed by atoms with Gasteiger partial charge in [0.25, 0.3) is 0 Å². The summed E-state index contributed by atoms with van der Waals surface area (Å²) in [4.78, 5) is 13.8. The molecule has 3 aromatic carbocycles. The lowest BCUT2D eigenvalue weighted by atomic mass is 9.91. The van der Waals surface area contributed by atoms with Crippen molar-refractivity contribution in [2.75, 3.05) is 24.6 Å². The number of benzene rings is 3. The topological polar surface area (TPSA) is 99.2 Å². The van der Waals surface area contributed by atoms with Crippen LogP contribution in [0.4, 0.5) is 5.69 Å². The molecule has 11 heteroatoms. The quantitative estimate of drug-likeness (QED) is 0.144. The van der Waals surface area contributed by atoms with Crippen LogP contribution in [-0.4, -0.2) is 34.4 Å². The zero-order valence-electron chi connectivity index (χ0n) is 21.0. The number of ether oxygens (including phenoxy) is 1. The first-order valence-electron chi connectivity index (χ1n) is 11.6. The largest absolute Gasteiger partial charge is 0.444 e. The predicted molar refractivity (Wildman–Crippen MR) is 154 cm³/mol. The fraction of sp³-hybridized carbons (Fsp3) is 0.222. The molecular weight excluding hydrogens is 640 g/mol. The average Bonchev–Trinajstić information content (AvgIpc) is 3.19. The number of carbonyl (C=O) groups excluding carboxylic acids is 1. The van der Waals surface area contributed by atoms with E-state index < -0.39 is 29.2 Å². The number of carbonyl (C=O) groups is 1. The van der Waals surface area contributed by atoms with E-state index in [4.69, 9.17) is 13.8 Å². The van der Waals surface area contributed by atoms with Gasteiger partial charge in [0, 0.05) is 26.2 Å². The first-order valence-corrected chi connectivity index (χ1v) is 15.9. The van der Waals surface area contributed by atoms with Gasteiger partial charge >= 0.3 is 13.7 Å². The second kappa shape index (κ2) is 11.3. The monoisotopic (exact) mass is 667 g/mol. The molecule has 0 N–H and O–H groups in total. The highest BCUT2D eigenvalue weighted by molar-refractivity contribution is 14.1. The molecule has 0 saturated carbocycles. The molecular formula is C27H27INO7PS. The number of hydrogen-bond acceptors (Lipinski definition) is 7. The Bertz CT molecular complexity index is 1490. The Balaban J connectivity index is 1.89. The Morgan fingerprint density at radius 2 is 1.47 bits per heavy atom. The number of cyclic esters (lactones) is 1. The van der Waals surface area contributed by atoms with Crippen LogP contribution in [0, 0.1) is 6.92 Å². The van der Waals surface area contributed by atoms with Crippen LogP contribution in [0.2, 0.25) is 0 Å². The van der Waals surface area contributed by atoms with Gasteiger partial charge in [0.2, 0.25) is 0 Å². The molecule has 0 amide bonds. The summed E-state index contributed by atoms with van der Waals surface area (Å²) in [6.07, 6.45) is -0.0617. The number of rotatable bonds is 10. The van der Waals surface area contributed by atoms with Crippen molar-refractivity contribution in [1.82, 2.24) is 0 Å². The highest BCUT2D eigenvalue weighted by Gasteiger charge is 2.53. The summed E-state index contributed by atoms with van der Waals surface area (Å²) >= 11 is 1.98. The highest BCUT2D eigenvalue weighted by Crippen LogP contribution is 2.59. The van der Waals surface area contributed by atoms with Crippen molar-refractivity contribution in [1.29, 1.82) is 0 Å². The van der Waals surface area contributed by atoms with Crippen LogP contribution >= 0.6 is 30.3 Å². The molecule has 0 saturated heterocycles. The number of anilines is 1. The van der Waals surface area contributed by atoms with E-state index >= 15 is 0 Å². The van der Waals surface area contributed by atoms with E-state index in [1.54, 1.807) is 54.6 Å². The van der Waals surface area contributed by atoms with Gasteiger partial charge in [0.05, 0.1) is 19.9 Å². The van der Waals surface area contributed by atoms with E-state index in [0.29, 0.717) is 14.8 Å². The van der Waals surface area contributed by atoms with Crippen molar-refractivity contribution in [3.8, 4) is 0 Å². The van der Waals surface area contributed by atoms with E-state index in [0.717, 1.165) is 5.56 Å². The van der Waals surface area contributed by atoms with Crippen molar-refractivity contribution in [2.45, 2.75) is 23.8 Å². The van der Waals surface area contributed by atoms with Gasteiger partial charge in [0.1, 0.15) is 0 Å². The molecule has 0 spiro atoms. The summed E-state index contributed by atoms with van der Waals surface area (Å²) in [6, 6.07) is 24.1. The van der Waals surface area contributed by atoms with Crippen LogP contribution in [0.25, 0.3) is 0 Å². The maximum Gasteiger partial charge on any atom is 0.439 e. The summed E-state index contributed by atoms with van der Waals surface area (Å²) in [5, 5.41) is 0. The third-order valence-corrected chi connectivity index (χ3v) is 11.2. The molecule has 3 aromatic rings. The number of halogens is 1. The normalized spacial score (nSPS) is 17.9. The molecule has 0 aliphatic carbocycles. The zero-order chi connectivity index (χ0) is 27.6. The Morgan fingerprint density at radius 3 is 2.03 bits per heavy atom. The van der Waals surface area contributed by atoms with Crippen molar-refractivity contribution >= 4 is 51.8 Å². The number of hydrogen-bond donors (Lipinski definition) is 0. The molecule has 1 aliphatic heterocycles. The van der Waals surface area contributed by atoms with Crippen molar-refractivity contribution in [2.24, 2.45) is 0 Å². The molecule has 4 rings (SSSR count). The van der Waals surface area contributed by atoms with E-state index in [-0.39, 0.29) is 22.8 Å². The minimum atomic E-state index is -4.05. The van der Waals surface area contributed by atoms with E-state index in [9.17, 15) is 17.8 Å². The Morgan fingerprint density at radius 1 is 0.921 bits per heavy atom. The summed E-state index contributed by atoms with van der Waals surface area (Å²) < 4.78 is 58.5. The number of aryl methyl sites for hydroxylation is 1. The van der Waals surface area contributed by atoms with Crippen LogP contribution < -0.4 is 4.67 Å². The van der Waals surface area contributed by atoms with Gasteiger partial charge in [-0.25, -0.2) is 22.4 Å². The molecule has 1 heterocycles. The van der Waals surface area contributed by atoms with E-state index in [2.05, 4.69) is 0 Å². The summed E-state index contributed by atoms with van der Waals surface area (Å²) in [7, 11) is -5.29. The van der Waals surface area contributed by atoms with Crippen LogP contribution in [-0.2, 0) is 38.6 Å². The fourth-order valence-corrected chi connectivity index (χ4v) is 8.28. The van der Waals surface area contributed by atoms with Crippen LogP contribution in [0.5, 0.6) is 0 Å². The molecule has 38 heavy (non-hydrogen) atoms. The van der Waals surface area contributed by atoms with E-state index in [1.165, 1.54) is 31.0 Å². The van der Waals surface area contributed by atoms with Gasteiger partial charge in [-0.15, -0.1) is 0 Å². The first kappa shape index (κ1) is 28.5. The predicted octanol–water partition coefficient (Wildman–Crippen LogP) is 6.17. The molecule has 0 fully saturated rings. The molecule has 0 aromatic heterocycles. The van der Waals surface area contributed by atoms with Crippen molar-refractivity contribution in [3.05, 3.63) is 105 Å². The van der Waals surface area contributed by atoms with Crippen LogP contribution in [0.3, 0.4) is 0 Å². The number of sulfone groups is 1. The molecule has 0 bridgehead atoms. The van der Waals surface area contributed by atoms with Gasteiger partial charge in [-0.1, -0.05) is 66.2 Å². The molecule has 1 atom stereocenters. The zero-order valence-corrected chi connectivity index (χ0v) is 24.9. The van der Waals surface area contributed by atoms with E-state index in [1.807, 2.05) is 47.7 Å². The Hall–Kier alpha value is -2.50. The number of esters is 1. The van der Waals surface area contributed by atoms with Crippen molar-refractivity contribution < 1.29 is 31.6 Å². The van der Waals surface area contributed by atoms with Crippen LogP contribution in [0.1, 0.15) is 17.5 Å². The fourth-order valence-electron chi connectivity index (χ4n) is 4.25. The molecule has 1 aliphatic rings. The van der Waals surface area contributed by atoms with Crippen LogP contribution in [0.15, 0.2) is 99.1 Å². The average molecular weight is 667 g/mol. The Kier molecular flexibility index (Phi) is 8.49. The Labute approximate surface area is 236 Å². The summed E-state index contributed by atoms with van der Waals surface area (Å²) in [5.74, 6) is -1.07. The molecule has 1 unspecified atom stereocenters. The smallest absolute Gasteiger partial charge is 0.439 e. The minimum absolute atomic E-state index is 0.0394. The molecule has 8 nitrogen and oxygen atoms in total. The second-order valence-electron chi connectivity index (χ2n) is 8.61. The highest BCUT2D eigenvalue weighted by atomic mass is 127. The van der Waals surface area contributed by atoms with Gasteiger partial charge in [0.15, 0.2) is 21.1 Å². The lowest BCUT2D eigenvalue weighted by molar-refractivity contribution is -0.147. The maximum absolute atomic E-state index is 13.8. The lowest BCUT2D eigenvalue weighted by Crippen LogP contribution is -2.30. The third-order valence-electron chi connectivity index (χ3n) is 6.28. The molecule has 200 valence electrons. The van der Waals surface area contributed by atoms with Gasteiger partial charge in [-0.05, 0) is 53.8 Å². The maximum atomic E-state index is 13.8. The summed E-state index contributed by atoms with van der Waals surface area (Å²) in [6.45, 7) is 1.90. The summed E-state index contributed by atoms with van der Waals surface area (Å²) in [5.41, 5.74) is 0.461. The minimum Gasteiger partial charge on any atom is -0.444 e. The third kappa shape index (κ3) is 5.33.